The summed E-state index contributed by atoms with van der Waals surface area (Å²) < 4.78 is 1.36. The Bertz CT molecular complexity index is 876. The minimum absolute atomic E-state index is 0.268. The molecule has 4 N–H and O–H groups in total. The first-order chi connectivity index (χ1) is 10.0. The number of rotatable bonds is 2. The summed E-state index contributed by atoms with van der Waals surface area (Å²) in [6.07, 6.45) is 0. The number of halogens is 2. The molecule has 0 unspecified atom stereocenters. The average molecular weight is 411 g/mol. The van der Waals surface area contributed by atoms with Gasteiger partial charge in [0.15, 0.2) is 0 Å². The third-order valence-electron chi connectivity index (χ3n) is 2.80. The van der Waals surface area contributed by atoms with E-state index >= 15 is 0 Å². The van der Waals surface area contributed by atoms with Crippen molar-refractivity contribution in [1.82, 2.24) is 15.0 Å². The van der Waals surface area contributed by atoms with Crippen LogP contribution in [-0.2, 0) is 0 Å². The van der Waals surface area contributed by atoms with Crippen LogP contribution in [0, 0.1) is 0 Å². The van der Waals surface area contributed by atoms with Gasteiger partial charge >= 0.3 is 0 Å². The molecule has 0 aliphatic heterocycles. The maximum Gasteiger partial charge on any atom is 0.263 e. The van der Waals surface area contributed by atoms with E-state index in [0.29, 0.717) is 21.5 Å². The van der Waals surface area contributed by atoms with Crippen molar-refractivity contribution in [3.8, 4) is 0 Å². The quantitative estimate of drug-likeness (QED) is 0.602. The van der Waals surface area contributed by atoms with Crippen LogP contribution in [0.1, 0.15) is 0 Å². The molecule has 0 aliphatic rings. The van der Waals surface area contributed by atoms with Crippen molar-refractivity contribution in [3.63, 3.8) is 0 Å². The number of nitrogen functional groups attached to an aromatic ring is 1. The molecule has 2 heterocycles. The lowest BCUT2D eigenvalue weighted by molar-refractivity contribution is 1.16. The summed E-state index contributed by atoms with van der Waals surface area (Å²) in [5.41, 5.74) is 6.84. The number of aromatic nitrogens is 3. The lowest BCUT2D eigenvalue weighted by Gasteiger charge is -2.08. The maximum atomic E-state index is 11.6. The Kier molecular flexibility index (Phi) is 3.64. The van der Waals surface area contributed by atoms with Gasteiger partial charge in [0, 0.05) is 10.2 Å². The van der Waals surface area contributed by atoms with Gasteiger partial charge in [0.25, 0.3) is 5.56 Å². The summed E-state index contributed by atoms with van der Waals surface area (Å²) in [7, 11) is 0. The van der Waals surface area contributed by atoms with E-state index in [1.807, 2.05) is 24.3 Å². The molecule has 0 amide bonds. The monoisotopic (exact) mass is 409 g/mol. The molecule has 3 rings (SSSR count). The second-order valence-corrected chi connectivity index (χ2v) is 6.04. The zero-order valence-electron chi connectivity index (χ0n) is 10.5. The fraction of sp³-hybridized carbons (Fsp3) is 0. The zero-order chi connectivity index (χ0) is 15.0. The summed E-state index contributed by atoms with van der Waals surface area (Å²) in [5, 5.41) is 3.63. The minimum atomic E-state index is -0.268. The Morgan fingerprint density at radius 2 is 1.86 bits per heavy atom. The van der Waals surface area contributed by atoms with E-state index in [4.69, 9.17) is 5.73 Å². The minimum Gasteiger partial charge on any atom is -0.383 e. The first-order valence-corrected chi connectivity index (χ1v) is 7.50. The van der Waals surface area contributed by atoms with E-state index < -0.39 is 0 Å². The number of fused-ring (bicyclic) bond motifs is 1. The highest BCUT2D eigenvalue weighted by Gasteiger charge is 2.08. The number of nitrogens with one attached hydrogen (secondary N) is 2. The first kappa shape index (κ1) is 14.0. The third-order valence-corrected chi connectivity index (χ3v) is 3.91. The van der Waals surface area contributed by atoms with Crippen molar-refractivity contribution in [3.05, 3.63) is 49.6 Å². The number of hydrogen-bond donors (Lipinski definition) is 3. The van der Waals surface area contributed by atoms with Crippen LogP contribution < -0.4 is 16.6 Å². The van der Waals surface area contributed by atoms with Crippen molar-refractivity contribution < 1.29 is 0 Å². The zero-order valence-corrected chi connectivity index (χ0v) is 13.7. The molecule has 8 heteroatoms. The molecule has 0 saturated heterocycles. The number of nitrogens with two attached hydrogens (primary N) is 1. The second-order valence-electron chi connectivity index (χ2n) is 4.27. The van der Waals surface area contributed by atoms with E-state index in [1.165, 1.54) is 0 Å². The van der Waals surface area contributed by atoms with E-state index in [0.717, 1.165) is 10.2 Å². The van der Waals surface area contributed by atoms with Gasteiger partial charge in [0.1, 0.15) is 11.5 Å². The molecule has 6 nitrogen and oxygen atoms in total. The number of nitrogens with zero attached hydrogens (tertiary/aromatic N) is 2. The van der Waals surface area contributed by atoms with Gasteiger partial charge in [-0.15, -0.1) is 0 Å². The fourth-order valence-electron chi connectivity index (χ4n) is 1.80. The van der Waals surface area contributed by atoms with Gasteiger partial charge in [-0.25, -0.2) is 0 Å². The Morgan fingerprint density at radius 1 is 1.14 bits per heavy atom. The lowest BCUT2D eigenvalue weighted by Crippen LogP contribution is -2.10. The van der Waals surface area contributed by atoms with Gasteiger partial charge in [-0.3, -0.25) is 4.79 Å². The molecule has 21 heavy (non-hydrogen) atoms. The lowest BCUT2D eigenvalue weighted by atomic mass is 10.3. The second kappa shape index (κ2) is 5.45. The van der Waals surface area contributed by atoms with Crippen molar-refractivity contribution in [2.24, 2.45) is 0 Å². The smallest absolute Gasteiger partial charge is 0.263 e. The molecule has 0 spiro atoms. The Morgan fingerprint density at radius 3 is 2.57 bits per heavy atom. The Balaban J connectivity index is 2.05. The van der Waals surface area contributed by atoms with Crippen LogP contribution in [0.5, 0.6) is 0 Å². The van der Waals surface area contributed by atoms with Gasteiger partial charge in [-0.2, -0.15) is 9.97 Å². The van der Waals surface area contributed by atoms with Crippen LogP contribution >= 0.6 is 31.9 Å². The van der Waals surface area contributed by atoms with Crippen LogP contribution in [0.4, 0.5) is 17.5 Å². The molecule has 0 bridgehead atoms. The highest BCUT2D eigenvalue weighted by atomic mass is 79.9. The average Bonchev–Trinajstić information content (AvgIpc) is 2.44. The largest absolute Gasteiger partial charge is 0.383 e. The van der Waals surface area contributed by atoms with Crippen LogP contribution in [0.25, 0.3) is 11.0 Å². The first-order valence-electron chi connectivity index (χ1n) is 5.91. The molecule has 2 aromatic heterocycles. The molecular weight excluding hydrogens is 402 g/mol. The van der Waals surface area contributed by atoms with Gasteiger partial charge in [0.05, 0.1) is 9.86 Å². The molecule has 3 aromatic rings. The Hall–Kier alpha value is -1.93. The standard InChI is InChI=1S/C13H9Br2N5O/c14-6-1-3-7(4-2-6)17-13-18-10(16)8-5-9(15)12(21)19-11(8)20-13/h1-5H,(H4,16,17,18,19,20,21). The maximum absolute atomic E-state index is 11.6. The van der Waals surface area contributed by atoms with Crippen molar-refractivity contribution >= 4 is 60.3 Å². The molecule has 0 saturated carbocycles. The summed E-state index contributed by atoms with van der Waals surface area (Å²) in [4.78, 5) is 22.7. The fourth-order valence-corrected chi connectivity index (χ4v) is 2.39. The molecule has 0 aliphatic carbocycles. The molecule has 0 radical (unpaired) electrons. The predicted octanol–water partition coefficient (Wildman–Crippen LogP) is 3.17. The summed E-state index contributed by atoms with van der Waals surface area (Å²) in [6.45, 7) is 0. The number of H-pyrrole nitrogens is 1. The topological polar surface area (TPSA) is 96.7 Å². The van der Waals surface area contributed by atoms with Crippen LogP contribution in [0.15, 0.2) is 44.1 Å². The SMILES string of the molecule is Nc1nc(Nc2ccc(Br)cc2)nc2[nH]c(=O)c(Br)cc12. The summed E-state index contributed by atoms with van der Waals surface area (Å²) >= 11 is 6.52. The number of pyridine rings is 1. The van der Waals surface area contributed by atoms with E-state index in [-0.39, 0.29) is 11.4 Å². The van der Waals surface area contributed by atoms with Gasteiger partial charge in [-0.05, 0) is 46.3 Å². The van der Waals surface area contributed by atoms with Crippen molar-refractivity contribution in [2.45, 2.75) is 0 Å². The van der Waals surface area contributed by atoms with Crippen molar-refractivity contribution in [1.29, 1.82) is 0 Å². The van der Waals surface area contributed by atoms with Crippen LogP contribution in [-0.4, -0.2) is 15.0 Å². The normalized spacial score (nSPS) is 10.8. The predicted molar refractivity (Wildman–Crippen MR) is 89.7 cm³/mol. The van der Waals surface area contributed by atoms with E-state index in [9.17, 15) is 4.79 Å². The van der Waals surface area contributed by atoms with Crippen LogP contribution in [0.3, 0.4) is 0 Å². The van der Waals surface area contributed by atoms with Gasteiger partial charge in [-0.1, -0.05) is 15.9 Å². The third kappa shape index (κ3) is 2.91. The Labute approximate surface area is 136 Å². The number of anilines is 3. The number of aromatic amines is 1. The molecular formula is C13H9Br2N5O. The number of hydrogen-bond acceptors (Lipinski definition) is 5. The van der Waals surface area contributed by atoms with Crippen LogP contribution in [0.2, 0.25) is 0 Å². The summed E-state index contributed by atoms with van der Waals surface area (Å²) in [6, 6.07) is 9.14. The molecule has 0 fully saturated rings. The van der Waals surface area contributed by atoms with Gasteiger partial charge < -0.3 is 16.0 Å². The number of benzene rings is 1. The summed E-state index contributed by atoms with van der Waals surface area (Å²) in [5.74, 6) is 0.608. The molecule has 1 aromatic carbocycles. The molecule has 106 valence electrons. The molecule has 0 atom stereocenters. The van der Waals surface area contributed by atoms with E-state index in [2.05, 4.69) is 52.1 Å². The highest BCUT2D eigenvalue weighted by molar-refractivity contribution is 9.10. The van der Waals surface area contributed by atoms with Crippen molar-refractivity contribution in [2.75, 3.05) is 11.1 Å². The van der Waals surface area contributed by atoms with E-state index in [1.54, 1.807) is 6.07 Å². The highest BCUT2D eigenvalue weighted by Crippen LogP contribution is 2.22. The van der Waals surface area contributed by atoms with Gasteiger partial charge in [0.2, 0.25) is 5.95 Å².